The van der Waals surface area contributed by atoms with Crippen LogP contribution in [0.15, 0.2) is 12.4 Å². The predicted octanol–water partition coefficient (Wildman–Crippen LogP) is 3.55. The van der Waals surface area contributed by atoms with Crippen molar-refractivity contribution < 1.29 is 0 Å². The molecule has 4 heteroatoms. The second kappa shape index (κ2) is 9.98. The Balaban J connectivity index is 2.27. The van der Waals surface area contributed by atoms with Crippen LogP contribution >= 0.6 is 0 Å². The molecule has 0 aliphatic carbocycles. The summed E-state index contributed by atoms with van der Waals surface area (Å²) in [4.78, 5) is 0. The number of aromatic nitrogens is 2. The van der Waals surface area contributed by atoms with Crippen LogP contribution in [0.25, 0.3) is 0 Å². The summed E-state index contributed by atoms with van der Waals surface area (Å²) in [7, 11) is 0. The number of hydrogen-bond donors (Lipinski definition) is 2. The van der Waals surface area contributed by atoms with Crippen LogP contribution in [0.5, 0.6) is 0 Å². The highest BCUT2D eigenvalue weighted by molar-refractivity contribution is 5.09. The van der Waals surface area contributed by atoms with Crippen molar-refractivity contribution in [2.75, 3.05) is 0 Å². The Morgan fingerprint density at radius 2 is 1.89 bits per heavy atom. The van der Waals surface area contributed by atoms with Gasteiger partial charge in [-0.2, -0.15) is 5.10 Å². The summed E-state index contributed by atoms with van der Waals surface area (Å²) < 4.78 is 2.00. The quantitative estimate of drug-likeness (QED) is 0.366. The highest BCUT2D eigenvalue weighted by Crippen LogP contribution is 2.19. The van der Waals surface area contributed by atoms with Gasteiger partial charge in [-0.1, -0.05) is 52.4 Å². The Morgan fingerprint density at radius 3 is 2.58 bits per heavy atom. The van der Waals surface area contributed by atoms with Crippen molar-refractivity contribution in [3.63, 3.8) is 0 Å². The van der Waals surface area contributed by atoms with Crippen LogP contribution in [0, 0.1) is 0 Å². The second-order valence-corrected chi connectivity index (χ2v) is 5.31. The first-order valence-corrected chi connectivity index (χ1v) is 7.80. The number of hydrazine groups is 1. The van der Waals surface area contributed by atoms with Crippen LogP contribution in [-0.4, -0.2) is 9.78 Å². The summed E-state index contributed by atoms with van der Waals surface area (Å²) in [6.07, 6.45) is 14.2. The van der Waals surface area contributed by atoms with Crippen LogP contribution in [0.2, 0.25) is 0 Å². The Bertz CT molecular complexity index is 322. The van der Waals surface area contributed by atoms with E-state index in [1.807, 2.05) is 10.9 Å². The number of nitrogens with one attached hydrogen (secondary N) is 1. The third-order valence-corrected chi connectivity index (χ3v) is 3.56. The van der Waals surface area contributed by atoms with E-state index in [-0.39, 0.29) is 6.04 Å². The summed E-state index contributed by atoms with van der Waals surface area (Å²) in [6, 6.07) is 0.247. The van der Waals surface area contributed by atoms with Crippen molar-refractivity contribution in [2.24, 2.45) is 5.84 Å². The smallest absolute Gasteiger partial charge is 0.0538 e. The first kappa shape index (κ1) is 16.2. The standard InChI is InChI=1S/C15H30N4/c1-3-5-6-7-8-9-10-15(18-16)14-12-17-19(13-14)11-4-2/h12-13,15,18H,3-11,16H2,1-2H3. The van der Waals surface area contributed by atoms with Crippen molar-refractivity contribution in [1.82, 2.24) is 15.2 Å². The summed E-state index contributed by atoms with van der Waals surface area (Å²) in [5, 5.41) is 4.36. The Morgan fingerprint density at radius 1 is 1.16 bits per heavy atom. The molecule has 0 aliphatic heterocycles. The van der Waals surface area contributed by atoms with Crippen LogP contribution in [0.4, 0.5) is 0 Å². The second-order valence-electron chi connectivity index (χ2n) is 5.31. The summed E-state index contributed by atoms with van der Waals surface area (Å²) >= 11 is 0. The molecule has 0 amide bonds. The van der Waals surface area contributed by atoms with Crippen molar-refractivity contribution in [3.05, 3.63) is 18.0 Å². The molecule has 1 rings (SSSR count). The van der Waals surface area contributed by atoms with Crippen LogP contribution in [0.1, 0.15) is 76.8 Å². The Labute approximate surface area is 117 Å². The normalized spacial score (nSPS) is 12.8. The van der Waals surface area contributed by atoms with Gasteiger partial charge in [0.05, 0.1) is 6.20 Å². The van der Waals surface area contributed by atoms with Gasteiger partial charge in [-0.15, -0.1) is 0 Å². The number of aryl methyl sites for hydroxylation is 1. The fourth-order valence-electron chi connectivity index (χ4n) is 2.39. The molecule has 1 unspecified atom stereocenters. The average molecular weight is 266 g/mol. The van der Waals surface area contributed by atoms with Crippen LogP contribution in [0.3, 0.4) is 0 Å². The van der Waals surface area contributed by atoms with E-state index in [2.05, 4.69) is 30.6 Å². The number of nitrogens with two attached hydrogens (primary N) is 1. The topological polar surface area (TPSA) is 55.9 Å². The van der Waals surface area contributed by atoms with Gasteiger partial charge in [0.1, 0.15) is 0 Å². The van der Waals surface area contributed by atoms with Gasteiger partial charge in [0.2, 0.25) is 0 Å². The first-order chi connectivity index (χ1) is 9.31. The minimum absolute atomic E-state index is 0.247. The van der Waals surface area contributed by atoms with Gasteiger partial charge in [-0.25, -0.2) is 0 Å². The van der Waals surface area contributed by atoms with E-state index in [9.17, 15) is 0 Å². The molecule has 110 valence electrons. The Kier molecular flexibility index (Phi) is 8.50. The lowest BCUT2D eigenvalue weighted by Gasteiger charge is -2.13. The van der Waals surface area contributed by atoms with Crippen molar-refractivity contribution in [3.8, 4) is 0 Å². The third kappa shape index (κ3) is 6.21. The van der Waals surface area contributed by atoms with Gasteiger partial charge < -0.3 is 0 Å². The molecule has 4 nitrogen and oxygen atoms in total. The van der Waals surface area contributed by atoms with Gasteiger partial charge in [-0.05, 0) is 12.8 Å². The van der Waals surface area contributed by atoms with Crippen molar-refractivity contribution in [2.45, 2.75) is 77.8 Å². The molecular formula is C15H30N4. The highest BCUT2D eigenvalue weighted by atomic mass is 15.3. The summed E-state index contributed by atoms with van der Waals surface area (Å²) in [5.74, 6) is 5.66. The molecule has 1 heterocycles. The van der Waals surface area contributed by atoms with Crippen LogP contribution in [-0.2, 0) is 6.54 Å². The van der Waals surface area contributed by atoms with E-state index >= 15 is 0 Å². The fourth-order valence-corrected chi connectivity index (χ4v) is 2.39. The van der Waals surface area contributed by atoms with E-state index in [1.54, 1.807) is 0 Å². The number of unbranched alkanes of at least 4 members (excludes halogenated alkanes) is 5. The van der Waals surface area contributed by atoms with E-state index in [0.29, 0.717) is 0 Å². The molecule has 0 spiro atoms. The van der Waals surface area contributed by atoms with Gasteiger partial charge in [-0.3, -0.25) is 16.0 Å². The van der Waals surface area contributed by atoms with E-state index in [1.165, 1.54) is 44.1 Å². The first-order valence-electron chi connectivity index (χ1n) is 7.80. The maximum atomic E-state index is 5.66. The lowest BCUT2D eigenvalue weighted by atomic mass is 10.0. The largest absolute Gasteiger partial charge is 0.272 e. The van der Waals surface area contributed by atoms with E-state index in [4.69, 9.17) is 5.84 Å². The zero-order valence-corrected chi connectivity index (χ0v) is 12.6. The van der Waals surface area contributed by atoms with Gasteiger partial charge in [0.25, 0.3) is 0 Å². The number of hydrogen-bond acceptors (Lipinski definition) is 3. The van der Waals surface area contributed by atoms with Gasteiger partial charge in [0, 0.05) is 24.3 Å². The van der Waals surface area contributed by atoms with Crippen LogP contribution < -0.4 is 11.3 Å². The molecule has 0 bridgehead atoms. The predicted molar refractivity (Wildman–Crippen MR) is 80.6 cm³/mol. The maximum Gasteiger partial charge on any atom is 0.0538 e. The fraction of sp³-hybridized carbons (Fsp3) is 0.800. The lowest BCUT2D eigenvalue weighted by molar-refractivity contribution is 0.476. The van der Waals surface area contributed by atoms with Crippen molar-refractivity contribution in [1.29, 1.82) is 0 Å². The molecule has 0 saturated heterocycles. The molecule has 1 atom stereocenters. The zero-order chi connectivity index (χ0) is 13.9. The van der Waals surface area contributed by atoms with E-state index < -0.39 is 0 Å². The molecule has 0 aromatic carbocycles. The molecule has 0 fully saturated rings. The lowest BCUT2D eigenvalue weighted by Crippen LogP contribution is -2.27. The average Bonchev–Trinajstić information content (AvgIpc) is 2.87. The third-order valence-electron chi connectivity index (χ3n) is 3.56. The molecular weight excluding hydrogens is 236 g/mol. The van der Waals surface area contributed by atoms with Gasteiger partial charge >= 0.3 is 0 Å². The monoisotopic (exact) mass is 266 g/mol. The van der Waals surface area contributed by atoms with E-state index in [0.717, 1.165) is 19.4 Å². The Hall–Kier alpha value is -0.870. The summed E-state index contributed by atoms with van der Waals surface area (Å²) in [6.45, 7) is 5.40. The minimum Gasteiger partial charge on any atom is -0.272 e. The molecule has 0 aliphatic rings. The molecule has 0 radical (unpaired) electrons. The zero-order valence-electron chi connectivity index (χ0n) is 12.6. The number of rotatable bonds is 11. The number of nitrogens with zero attached hydrogens (tertiary/aromatic N) is 2. The molecule has 3 N–H and O–H groups in total. The maximum absolute atomic E-state index is 5.66. The summed E-state index contributed by atoms with van der Waals surface area (Å²) in [5.41, 5.74) is 4.14. The SMILES string of the molecule is CCCCCCCCC(NN)c1cnn(CCC)c1. The molecule has 19 heavy (non-hydrogen) atoms. The van der Waals surface area contributed by atoms with Gasteiger partial charge in [0.15, 0.2) is 0 Å². The minimum atomic E-state index is 0.247. The highest BCUT2D eigenvalue weighted by Gasteiger charge is 2.11. The molecule has 1 aromatic heterocycles. The molecule has 0 saturated carbocycles. The molecule has 1 aromatic rings. The van der Waals surface area contributed by atoms with Crippen molar-refractivity contribution >= 4 is 0 Å².